The van der Waals surface area contributed by atoms with Crippen LogP contribution in [0.4, 0.5) is 17.6 Å². The highest BCUT2D eigenvalue weighted by Gasteiger charge is 2.38. The smallest absolute Gasteiger partial charge is 0.261 e. The first-order chi connectivity index (χ1) is 21.9. The maximum Gasteiger partial charge on any atom is 0.261 e. The number of fused-ring (bicyclic) bond motifs is 2. The van der Waals surface area contributed by atoms with E-state index in [1.54, 1.807) is 41.7 Å². The first kappa shape index (κ1) is 30.0. The maximum atomic E-state index is 15.4. The van der Waals surface area contributed by atoms with E-state index in [0.717, 1.165) is 11.8 Å². The van der Waals surface area contributed by atoms with Crippen LogP contribution in [-0.2, 0) is 22.8 Å². The summed E-state index contributed by atoms with van der Waals surface area (Å²) in [5.41, 5.74) is 4.72. The molecule has 0 bridgehead atoms. The highest BCUT2D eigenvalue weighted by Crippen LogP contribution is 2.35. The second-order valence-corrected chi connectivity index (χ2v) is 14.0. The highest BCUT2D eigenvalue weighted by atomic mass is 32.2. The van der Waals surface area contributed by atoms with E-state index in [1.165, 1.54) is 18.2 Å². The van der Waals surface area contributed by atoms with Crippen molar-refractivity contribution < 1.29 is 26.0 Å². The van der Waals surface area contributed by atoms with E-state index in [0.29, 0.717) is 62.4 Å². The quantitative estimate of drug-likeness (QED) is 0.196. The molecular formula is C32H27F4N7O2S. The first-order valence-corrected chi connectivity index (χ1v) is 16.5. The van der Waals surface area contributed by atoms with E-state index >= 15 is 4.39 Å². The van der Waals surface area contributed by atoms with Gasteiger partial charge in [0.1, 0.15) is 32.4 Å². The van der Waals surface area contributed by atoms with Crippen molar-refractivity contribution in [2.24, 2.45) is 0 Å². The van der Waals surface area contributed by atoms with Crippen LogP contribution < -0.4 is 0 Å². The molecule has 0 spiro atoms. The van der Waals surface area contributed by atoms with Gasteiger partial charge < -0.3 is 4.98 Å². The Bertz CT molecular complexity index is 2230. The van der Waals surface area contributed by atoms with Crippen molar-refractivity contribution in [3.05, 3.63) is 83.8 Å². The molecule has 1 aliphatic heterocycles. The van der Waals surface area contributed by atoms with Gasteiger partial charge in [0.15, 0.2) is 11.6 Å². The molecule has 9 nitrogen and oxygen atoms in total. The van der Waals surface area contributed by atoms with Crippen molar-refractivity contribution in [3.8, 4) is 33.9 Å². The number of likely N-dealkylation sites (tertiary alicyclic amines) is 1. The summed E-state index contributed by atoms with van der Waals surface area (Å²) in [4.78, 5) is 18.3. The normalized spacial score (nSPS) is 15.3. The highest BCUT2D eigenvalue weighted by molar-refractivity contribution is 7.90. The molecule has 7 rings (SSSR count). The molecule has 2 N–H and O–H groups in total. The Balaban J connectivity index is 1.24. The minimum absolute atomic E-state index is 0.0987. The van der Waals surface area contributed by atoms with E-state index in [2.05, 4.69) is 25.1 Å². The molecule has 0 amide bonds. The van der Waals surface area contributed by atoms with Gasteiger partial charge in [-0.2, -0.15) is 5.10 Å². The van der Waals surface area contributed by atoms with Gasteiger partial charge >= 0.3 is 0 Å². The lowest BCUT2D eigenvalue weighted by atomic mass is 10.0. The fraction of sp³-hybridized carbons (Fsp3) is 0.250. The molecule has 5 heterocycles. The molecule has 1 aliphatic rings. The van der Waals surface area contributed by atoms with E-state index < -0.39 is 27.4 Å². The van der Waals surface area contributed by atoms with Crippen LogP contribution >= 0.6 is 0 Å². The number of aromatic nitrogens is 6. The van der Waals surface area contributed by atoms with Gasteiger partial charge in [-0.05, 0) is 65.6 Å². The zero-order valence-electron chi connectivity index (χ0n) is 24.5. The number of hydrogen-bond donors (Lipinski definition) is 2. The number of nitrogens with zero attached hydrogens (tertiary/aromatic N) is 5. The Labute approximate surface area is 260 Å². The van der Waals surface area contributed by atoms with E-state index in [4.69, 9.17) is 4.98 Å². The van der Waals surface area contributed by atoms with Crippen molar-refractivity contribution in [1.82, 2.24) is 35.0 Å². The minimum atomic E-state index is -3.24. The number of hydrogen-bond acceptors (Lipinski definition) is 7. The van der Waals surface area contributed by atoms with Crippen molar-refractivity contribution in [2.45, 2.75) is 25.3 Å². The number of benzene rings is 2. The van der Waals surface area contributed by atoms with Crippen LogP contribution in [0.2, 0.25) is 0 Å². The largest absolute Gasteiger partial charge is 0.337 e. The Kier molecular flexibility index (Phi) is 7.35. The number of alkyl halides is 2. The topological polar surface area (TPSA) is 121 Å². The third-order valence-electron chi connectivity index (χ3n) is 8.03. The molecular weight excluding hydrogens is 622 g/mol. The summed E-state index contributed by atoms with van der Waals surface area (Å²) in [6.45, 7) is 0.279. The van der Waals surface area contributed by atoms with Crippen LogP contribution in [0.25, 0.3) is 55.8 Å². The number of H-pyrrole nitrogens is 2. The van der Waals surface area contributed by atoms with Gasteiger partial charge in [-0.15, -0.1) is 0 Å². The zero-order valence-corrected chi connectivity index (χ0v) is 25.3. The molecule has 46 heavy (non-hydrogen) atoms. The predicted molar refractivity (Wildman–Crippen MR) is 166 cm³/mol. The summed E-state index contributed by atoms with van der Waals surface area (Å²) in [5.74, 6) is -3.58. The van der Waals surface area contributed by atoms with E-state index in [-0.39, 0.29) is 37.2 Å². The average molecular weight is 650 g/mol. The van der Waals surface area contributed by atoms with Gasteiger partial charge in [0.05, 0.1) is 23.5 Å². The second kappa shape index (κ2) is 11.3. The lowest BCUT2D eigenvalue weighted by Crippen LogP contribution is -2.24. The standard InChI is InChI=1S/C32H27F4N7O2S/c1-46(44,45)7-3-18-8-21(11-23(33)10-18)27-30-26(2-5-38-27)39-31(40-30)29-24-12-20(13-25(34)28(24)41-42-29)22-9-19(14-37-15-22)16-43-6-4-32(35,36)17-43/h2,5,8-15H,3-4,6-7,16-17H2,1H3,(H,39,40)(H,41,42). The molecule has 0 radical (unpaired) electrons. The van der Waals surface area contributed by atoms with Gasteiger partial charge in [-0.25, -0.2) is 31.0 Å². The van der Waals surface area contributed by atoms with Gasteiger partial charge in [-0.1, -0.05) is 0 Å². The summed E-state index contributed by atoms with van der Waals surface area (Å²) in [5, 5.41) is 7.49. The molecule has 0 unspecified atom stereocenters. The number of sulfone groups is 1. The maximum absolute atomic E-state index is 15.4. The van der Waals surface area contributed by atoms with E-state index in [1.807, 2.05) is 6.07 Å². The molecule has 4 aromatic heterocycles. The van der Waals surface area contributed by atoms with Crippen molar-refractivity contribution in [3.63, 3.8) is 0 Å². The Morgan fingerprint density at radius 3 is 2.59 bits per heavy atom. The fourth-order valence-corrected chi connectivity index (χ4v) is 6.46. The summed E-state index contributed by atoms with van der Waals surface area (Å²) in [6, 6.07) is 10.9. The number of halogens is 4. The number of aromatic amines is 2. The van der Waals surface area contributed by atoms with Crippen LogP contribution in [0.3, 0.4) is 0 Å². The van der Waals surface area contributed by atoms with Crippen molar-refractivity contribution in [1.29, 1.82) is 0 Å². The number of rotatable bonds is 8. The minimum Gasteiger partial charge on any atom is -0.337 e. The summed E-state index contributed by atoms with van der Waals surface area (Å²) >= 11 is 0. The van der Waals surface area contributed by atoms with Gasteiger partial charge in [0.2, 0.25) is 0 Å². The van der Waals surface area contributed by atoms with Gasteiger partial charge in [0, 0.05) is 60.9 Å². The molecule has 2 aromatic carbocycles. The Hall–Kier alpha value is -4.69. The van der Waals surface area contributed by atoms with Crippen molar-refractivity contribution in [2.75, 3.05) is 25.1 Å². The molecule has 0 atom stereocenters. The number of imidazole rings is 1. The van der Waals surface area contributed by atoms with Crippen molar-refractivity contribution >= 4 is 31.8 Å². The summed E-state index contributed by atoms with van der Waals surface area (Å²) < 4.78 is 80.7. The second-order valence-electron chi connectivity index (χ2n) is 11.7. The predicted octanol–water partition coefficient (Wildman–Crippen LogP) is 5.94. The monoisotopic (exact) mass is 649 g/mol. The fourth-order valence-electron chi connectivity index (χ4n) is 5.85. The third-order valence-corrected chi connectivity index (χ3v) is 8.97. The molecule has 1 fully saturated rings. The molecule has 236 valence electrons. The van der Waals surface area contributed by atoms with E-state index in [9.17, 15) is 21.6 Å². The lowest BCUT2D eigenvalue weighted by Gasteiger charge is -2.15. The Morgan fingerprint density at radius 1 is 0.978 bits per heavy atom. The lowest BCUT2D eigenvalue weighted by molar-refractivity contribution is 0.0115. The number of nitrogens with one attached hydrogen (secondary N) is 2. The third kappa shape index (κ3) is 6.09. The molecule has 1 saturated heterocycles. The molecule has 0 saturated carbocycles. The SMILES string of the molecule is CS(=O)(=O)CCc1cc(F)cc(-c2nccc3[nH]c(-c4[nH]nc5c(F)cc(-c6cncc(CN7CCC(F)(F)C7)c6)cc45)nc23)c1. The Morgan fingerprint density at radius 2 is 1.80 bits per heavy atom. The number of aryl methyl sites for hydroxylation is 1. The van der Waals surface area contributed by atoms with Gasteiger partial charge in [0.25, 0.3) is 5.92 Å². The first-order valence-electron chi connectivity index (χ1n) is 14.5. The summed E-state index contributed by atoms with van der Waals surface area (Å²) in [6.07, 6.45) is 5.85. The van der Waals surface area contributed by atoms with Crippen LogP contribution in [0.1, 0.15) is 17.5 Å². The van der Waals surface area contributed by atoms with Gasteiger partial charge in [-0.3, -0.25) is 20.0 Å². The van der Waals surface area contributed by atoms with Crippen LogP contribution in [0, 0.1) is 11.6 Å². The van der Waals surface area contributed by atoms with Crippen LogP contribution in [0.15, 0.2) is 61.1 Å². The zero-order chi connectivity index (χ0) is 32.2. The average Bonchev–Trinajstić information content (AvgIpc) is 3.71. The molecule has 14 heteroatoms. The number of pyridine rings is 2. The van der Waals surface area contributed by atoms with Crippen LogP contribution in [0.5, 0.6) is 0 Å². The molecule has 0 aliphatic carbocycles. The van der Waals surface area contributed by atoms with Crippen LogP contribution in [-0.4, -0.2) is 74.5 Å². The molecule has 6 aromatic rings. The summed E-state index contributed by atoms with van der Waals surface area (Å²) in [7, 11) is -3.24.